The third-order valence-corrected chi connectivity index (χ3v) is 4.23. The molecule has 2 aromatic rings. The van der Waals surface area contributed by atoms with E-state index in [2.05, 4.69) is 0 Å². The summed E-state index contributed by atoms with van der Waals surface area (Å²) in [6, 6.07) is 6.58. The highest BCUT2D eigenvalue weighted by atomic mass is 16.6. The second-order valence-electron chi connectivity index (χ2n) is 5.94. The molecule has 25 heavy (non-hydrogen) atoms. The van der Waals surface area contributed by atoms with Crippen molar-refractivity contribution in [1.29, 1.82) is 0 Å². The zero-order valence-corrected chi connectivity index (χ0v) is 13.5. The highest BCUT2D eigenvalue weighted by Gasteiger charge is 2.33. The number of carboxylic acids is 1. The van der Waals surface area contributed by atoms with E-state index in [1.807, 2.05) is 19.1 Å². The fraction of sp³-hybridized carbons (Fsp3) is 0.294. The number of benzene rings is 1. The molecule has 8 heteroatoms. The van der Waals surface area contributed by atoms with Crippen LogP contribution in [0.5, 0.6) is 0 Å². The Morgan fingerprint density at radius 1 is 1.28 bits per heavy atom. The number of aryl methyl sites for hydroxylation is 1. The number of nitro groups is 1. The van der Waals surface area contributed by atoms with Crippen LogP contribution >= 0.6 is 0 Å². The molecule has 2 heterocycles. The minimum absolute atomic E-state index is 0.0122. The van der Waals surface area contributed by atoms with Crippen LogP contribution in [0.4, 0.5) is 5.69 Å². The van der Waals surface area contributed by atoms with E-state index in [0.29, 0.717) is 12.3 Å². The largest absolute Gasteiger partial charge is 0.478 e. The molecular weight excluding hydrogens is 328 g/mol. The number of amides is 1. The highest BCUT2D eigenvalue weighted by molar-refractivity contribution is 5.98. The summed E-state index contributed by atoms with van der Waals surface area (Å²) >= 11 is 0. The van der Waals surface area contributed by atoms with E-state index >= 15 is 0 Å². The van der Waals surface area contributed by atoms with Crippen LogP contribution in [0, 0.1) is 17.0 Å². The summed E-state index contributed by atoms with van der Waals surface area (Å²) < 4.78 is 5.61. The average molecular weight is 344 g/mol. The maximum absolute atomic E-state index is 12.9. The van der Waals surface area contributed by atoms with Crippen molar-refractivity contribution in [3.8, 4) is 0 Å². The number of likely N-dealkylation sites (tertiary alicyclic amines) is 1. The van der Waals surface area contributed by atoms with Gasteiger partial charge in [0.15, 0.2) is 0 Å². The molecule has 1 N–H and O–H groups in total. The molecule has 0 spiro atoms. The molecule has 0 radical (unpaired) electrons. The number of carbonyl (C=O) groups is 2. The molecule has 1 amide bonds. The molecule has 1 aliphatic rings. The van der Waals surface area contributed by atoms with E-state index in [1.165, 1.54) is 6.07 Å². The fourth-order valence-electron chi connectivity index (χ4n) is 3.07. The first-order valence-corrected chi connectivity index (χ1v) is 7.77. The van der Waals surface area contributed by atoms with Gasteiger partial charge in [0.25, 0.3) is 11.6 Å². The summed E-state index contributed by atoms with van der Waals surface area (Å²) in [6.07, 6.45) is 1.50. The van der Waals surface area contributed by atoms with Crippen LogP contribution in [0.2, 0.25) is 0 Å². The van der Waals surface area contributed by atoms with Crippen molar-refractivity contribution in [2.75, 3.05) is 6.54 Å². The summed E-state index contributed by atoms with van der Waals surface area (Å²) in [5.74, 6) is -0.370. The Kier molecular flexibility index (Phi) is 4.26. The molecule has 130 valence electrons. The second kappa shape index (κ2) is 6.39. The number of aromatic carboxylic acids is 1. The first-order valence-electron chi connectivity index (χ1n) is 7.77. The predicted octanol–water partition coefficient (Wildman–Crippen LogP) is 3.17. The minimum atomic E-state index is -1.32. The lowest BCUT2D eigenvalue weighted by Crippen LogP contribution is -2.30. The first-order chi connectivity index (χ1) is 11.9. The van der Waals surface area contributed by atoms with Crippen molar-refractivity contribution < 1.29 is 24.0 Å². The molecule has 1 aromatic heterocycles. The zero-order chi connectivity index (χ0) is 18.1. The molecule has 1 saturated heterocycles. The lowest BCUT2D eigenvalue weighted by molar-refractivity contribution is -0.384. The lowest BCUT2D eigenvalue weighted by Gasteiger charge is -2.23. The van der Waals surface area contributed by atoms with Gasteiger partial charge < -0.3 is 14.4 Å². The predicted molar refractivity (Wildman–Crippen MR) is 86.5 cm³/mol. The number of carbonyl (C=O) groups excluding carboxylic acids is 1. The van der Waals surface area contributed by atoms with Crippen LogP contribution in [0.3, 0.4) is 0 Å². The van der Waals surface area contributed by atoms with Crippen LogP contribution in [0.25, 0.3) is 0 Å². The highest BCUT2D eigenvalue weighted by Crippen LogP contribution is 2.34. The van der Waals surface area contributed by atoms with Crippen LogP contribution in [-0.4, -0.2) is 33.4 Å². The van der Waals surface area contributed by atoms with Crippen molar-refractivity contribution in [3.05, 3.63) is 63.1 Å². The topological polar surface area (TPSA) is 114 Å². The molecule has 3 rings (SSSR count). The first kappa shape index (κ1) is 16.7. The molecular formula is C17H16N2O6. The lowest BCUT2D eigenvalue weighted by atomic mass is 10.1. The van der Waals surface area contributed by atoms with Crippen molar-refractivity contribution in [1.82, 2.24) is 4.90 Å². The molecule has 1 unspecified atom stereocenters. The molecule has 1 fully saturated rings. The van der Waals surface area contributed by atoms with Gasteiger partial charge in [-0.3, -0.25) is 14.9 Å². The second-order valence-corrected chi connectivity index (χ2v) is 5.94. The molecule has 0 aliphatic carbocycles. The van der Waals surface area contributed by atoms with Gasteiger partial charge in [-0.2, -0.15) is 0 Å². The third-order valence-electron chi connectivity index (χ3n) is 4.23. The van der Waals surface area contributed by atoms with Crippen LogP contribution in [0.15, 0.2) is 34.7 Å². The van der Waals surface area contributed by atoms with E-state index in [4.69, 9.17) is 9.52 Å². The number of nitro benzene ring substituents is 1. The Hall–Kier alpha value is -3.16. The number of hydrogen-bond acceptors (Lipinski definition) is 5. The molecule has 1 aliphatic heterocycles. The summed E-state index contributed by atoms with van der Waals surface area (Å²) in [5, 5.41) is 20.2. The number of nitrogens with zero attached hydrogens (tertiary/aromatic N) is 2. The number of non-ortho nitro benzene ring substituents is 1. The number of rotatable bonds is 4. The summed E-state index contributed by atoms with van der Waals surface area (Å²) in [5.41, 5.74) is -0.725. The molecule has 1 atom stereocenters. The average Bonchev–Trinajstić information content (AvgIpc) is 3.22. The van der Waals surface area contributed by atoms with Gasteiger partial charge in [-0.05, 0) is 38.0 Å². The van der Waals surface area contributed by atoms with Crippen LogP contribution in [0.1, 0.15) is 51.1 Å². The van der Waals surface area contributed by atoms with E-state index in [0.717, 1.165) is 30.7 Å². The number of hydrogen-bond donors (Lipinski definition) is 1. The Labute approximate surface area is 142 Å². The Balaban J connectivity index is 1.96. The van der Waals surface area contributed by atoms with Gasteiger partial charge in [-0.15, -0.1) is 0 Å². The smallest absolute Gasteiger partial charge is 0.335 e. The Morgan fingerprint density at radius 3 is 2.60 bits per heavy atom. The van der Waals surface area contributed by atoms with Gasteiger partial charge in [0.05, 0.1) is 16.5 Å². The van der Waals surface area contributed by atoms with E-state index in [9.17, 15) is 19.7 Å². The standard InChI is InChI=1S/C17H16N2O6/c1-10-4-5-15(25-10)14-3-2-6-18(14)16(20)11-7-12(17(21)22)9-13(8-11)19(23)24/h4-5,7-9,14H,2-3,6H2,1H3,(H,21,22). The molecule has 1 aromatic carbocycles. The van der Waals surface area contributed by atoms with Crippen molar-refractivity contribution in [3.63, 3.8) is 0 Å². The van der Waals surface area contributed by atoms with Gasteiger partial charge in [0, 0.05) is 24.2 Å². The van der Waals surface area contributed by atoms with Crippen LogP contribution < -0.4 is 0 Å². The monoisotopic (exact) mass is 344 g/mol. The maximum Gasteiger partial charge on any atom is 0.335 e. The third kappa shape index (κ3) is 3.23. The quantitative estimate of drug-likeness (QED) is 0.673. The van der Waals surface area contributed by atoms with Gasteiger partial charge in [-0.1, -0.05) is 0 Å². The van der Waals surface area contributed by atoms with E-state index in [-0.39, 0.29) is 17.2 Å². The van der Waals surface area contributed by atoms with Crippen LogP contribution in [-0.2, 0) is 0 Å². The normalized spacial score (nSPS) is 16.8. The maximum atomic E-state index is 12.9. The SMILES string of the molecule is Cc1ccc(C2CCCN2C(=O)c2cc(C(=O)O)cc([N+](=O)[O-])c2)o1. The van der Waals surface area contributed by atoms with Crippen molar-refractivity contribution in [2.45, 2.75) is 25.8 Å². The number of furan rings is 1. The van der Waals surface area contributed by atoms with Gasteiger partial charge in [0.2, 0.25) is 0 Å². The zero-order valence-electron chi connectivity index (χ0n) is 13.5. The van der Waals surface area contributed by atoms with Crippen molar-refractivity contribution in [2.24, 2.45) is 0 Å². The fourth-order valence-corrected chi connectivity index (χ4v) is 3.07. The summed E-state index contributed by atoms with van der Waals surface area (Å²) in [4.78, 5) is 36.0. The van der Waals surface area contributed by atoms with E-state index in [1.54, 1.807) is 4.90 Å². The summed E-state index contributed by atoms with van der Waals surface area (Å²) in [7, 11) is 0. The molecule has 8 nitrogen and oxygen atoms in total. The minimum Gasteiger partial charge on any atom is -0.478 e. The van der Waals surface area contributed by atoms with Gasteiger partial charge in [-0.25, -0.2) is 4.79 Å². The van der Waals surface area contributed by atoms with Gasteiger partial charge >= 0.3 is 5.97 Å². The Morgan fingerprint density at radius 2 is 2.00 bits per heavy atom. The molecule has 0 saturated carbocycles. The number of carboxylic acid groups (broad SMARTS) is 1. The molecule has 0 bridgehead atoms. The van der Waals surface area contributed by atoms with Gasteiger partial charge in [0.1, 0.15) is 11.5 Å². The van der Waals surface area contributed by atoms with E-state index < -0.39 is 22.5 Å². The summed E-state index contributed by atoms with van der Waals surface area (Å²) in [6.45, 7) is 2.29. The Bertz CT molecular complexity index is 824. The van der Waals surface area contributed by atoms with Crippen molar-refractivity contribution >= 4 is 17.6 Å².